The molecule has 2 saturated carbocycles. The van der Waals surface area contributed by atoms with Gasteiger partial charge in [0, 0.05) is 6.04 Å². The van der Waals surface area contributed by atoms with Gasteiger partial charge in [0.2, 0.25) is 0 Å². The molecule has 2 heterocycles. The van der Waals surface area contributed by atoms with E-state index in [1.807, 2.05) is 13.8 Å². The van der Waals surface area contributed by atoms with Crippen molar-refractivity contribution in [2.45, 2.75) is 95.7 Å². The topological polar surface area (TPSA) is 82.7 Å². The molecular weight excluding hydrogens is 356 g/mol. The van der Waals surface area contributed by atoms with Gasteiger partial charge in [0.25, 0.3) is 0 Å². The van der Waals surface area contributed by atoms with Crippen molar-refractivity contribution in [3.05, 3.63) is 12.2 Å². The van der Waals surface area contributed by atoms with Crippen LogP contribution in [-0.4, -0.2) is 47.2 Å². The standard InChI is InChI=1S/C21H34N4O3/c1-13(2)25-17-10-9-15(12-16(17)22-20(26)21(25)27)19-23-18(28-24-19)11-8-14-6-4-3-5-7-14/h8,11,13-19,23-24H,3-7,9-10,12H2,1-2H3,(H,22,26)/b11-8+. The molecule has 2 amide bonds. The van der Waals surface area contributed by atoms with E-state index in [1.165, 1.54) is 32.1 Å². The van der Waals surface area contributed by atoms with E-state index in [2.05, 4.69) is 28.3 Å². The number of hydroxylamine groups is 1. The first-order valence-electron chi connectivity index (χ1n) is 11.0. The molecule has 0 aromatic heterocycles. The molecular formula is C21H34N4O3. The number of fused-ring (bicyclic) bond motifs is 1. The minimum Gasteiger partial charge on any atom is -0.343 e. The highest BCUT2D eigenvalue weighted by molar-refractivity contribution is 6.35. The largest absolute Gasteiger partial charge is 0.343 e. The molecule has 0 radical (unpaired) electrons. The molecule has 2 aliphatic heterocycles. The van der Waals surface area contributed by atoms with Crippen LogP contribution in [0.15, 0.2) is 12.2 Å². The van der Waals surface area contributed by atoms with E-state index < -0.39 is 5.91 Å². The van der Waals surface area contributed by atoms with Crippen molar-refractivity contribution in [2.24, 2.45) is 11.8 Å². The Bertz CT molecular complexity index is 617. The van der Waals surface area contributed by atoms with Gasteiger partial charge in [-0.2, -0.15) is 5.48 Å². The summed E-state index contributed by atoms with van der Waals surface area (Å²) in [5.41, 5.74) is 3.16. The molecule has 0 aromatic rings. The number of nitrogens with zero attached hydrogens (tertiary/aromatic N) is 1. The van der Waals surface area contributed by atoms with Crippen LogP contribution in [0.25, 0.3) is 0 Å². The normalized spacial score (nSPS) is 37.5. The Labute approximate surface area is 167 Å². The molecule has 5 unspecified atom stereocenters. The van der Waals surface area contributed by atoms with Crippen LogP contribution in [0.1, 0.15) is 65.2 Å². The third-order valence-corrected chi connectivity index (χ3v) is 6.86. The fraction of sp³-hybridized carbons (Fsp3) is 0.810. The van der Waals surface area contributed by atoms with Crippen molar-refractivity contribution in [3.8, 4) is 0 Å². The average molecular weight is 391 g/mol. The van der Waals surface area contributed by atoms with Crippen molar-refractivity contribution < 1.29 is 14.4 Å². The maximum Gasteiger partial charge on any atom is 0.312 e. The number of rotatable bonds is 4. The van der Waals surface area contributed by atoms with E-state index in [1.54, 1.807) is 4.90 Å². The summed E-state index contributed by atoms with van der Waals surface area (Å²) in [5, 5.41) is 6.48. The second-order valence-electron chi connectivity index (χ2n) is 9.11. The van der Waals surface area contributed by atoms with Crippen molar-refractivity contribution >= 4 is 11.8 Å². The molecule has 3 N–H and O–H groups in total. The van der Waals surface area contributed by atoms with Crippen LogP contribution in [0.3, 0.4) is 0 Å². The number of hydrogen-bond acceptors (Lipinski definition) is 5. The first-order valence-corrected chi connectivity index (χ1v) is 11.0. The quantitative estimate of drug-likeness (QED) is 0.504. The zero-order chi connectivity index (χ0) is 19.7. The second kappa shape index (κ2) is 8.51. The summed E-state index contributed by atoms with van der Waals surface area (Å²) in [4.78, 5) is 31.9. The molecule has 156 valence electrons. The Kier molecular flexibility index (Phi) is 6.04. The van der Waals surface area contributed by atoms with Crippen LogP contribution in [-0.2, 0) is 14.4 Å². The maximum atomic E-state index is 12.3. The van der Waals surface area contributed by atoms with E-state index in [0.717, 1.165) is 19.3 Å². The van der Waals surface area contributed by atoms with E-state index in [-0.39, 0.29) is 36.4 Å². The Hall–Kier alpha value is -1.44. The van der Waals surface area contributed by atoms with Crippen LogP contribution < -0.4 is 16.1 Å². The van der Waals surface area contributed by atoms with Gasteiger partial charge >= 0.3 is 11.8 Å². The van der Waals surface area contributed by atoms with Crippen LogP contribution in [0, 0.1) is 11.8 Å². The molecule has 4 aliphatic rings. The second-order valence-corrected chi connectivity index (χ2v) is 9.11. The molecule has 0 spiro atoms. The van der Waals surface area contributed by atoms with Crippen LogP contribution in [0.2, 0.25) is 0 Å². The summed E-state index contributed by atoms with van der Waals surface area (Å²) < 4.78 is 0. The van der Waals surface area contributed by atoms with Gasteiger partial charge in [0.05, 0.1) is 18.2 Å². The monoisotopic (exact) mass is 390 g/mol. The number of amides is 2. The maximum absolute atomic E-state index is 12.3. The molecule has 0 aromatic carbocycles. The van der Waals surface area contributed by atoms with Crippen molar-refractivity contribution in [2.75, 3.05) is 0 Å². The lowest BCUT2D eigenvalue weighted by Crippen LogP contribution is -2.67. The Balaban J connectivity index is 1.32. The van der Waals surface area contributed by atoms with Crippen LogP contribution in [0.5, 0.6) is 0 Å². The smallest absolute Gasteiger partial charge is 0.312 e. The number of allylic oxidation sites excluding steroid dienone is 1. The van der Waals surface area contributed by atoms with Gasteiger partial charge in [-0.3, -0.25) is 19.7 Å². The molecule has 7 heteroatoms. The highest BCUT2D eigenvalue weighted by Gasteiger charge is 2.46. The summed E-state index contributed by atoms with van der Waals surface area (Å²) in [6.45, 7) is 3.97. The van der Waals surface area contributed by atoms with Gasteiger partial charge in [-0.05, 0) is 63.9 Å². The summed E-state index contributed by atoms with van der Waals surface area (Å²) in [7, 11) is 0. The van der Waals surface area contributed by atoms with Gasteiger partial charge in [0.15, 0.2) is 0 Å². The van der Waals surface area contributed by atoms with Crippen molar-refractivity contribution in [1.29, 1.82) is 0 Å². The van der Waals surface area contributed by atoms with E-state index in [4.69, 9.17) is 4.84 Å². The highest BCUT2D eigenvalue weighted by Crippen LogP contribution is 2.33. The Morgan fingerprint density at radius 1 is 1.07 bits per heavy atom. The van der Waals surface area contributed by atoms with E-state index in [0.29, 0.717) is 11.8 Å². The number of carbonyl (C=O) groups is 2. The van der Waals surface area contributed by atoms with Crippen LogP contribution >= 0.6 is 0 Å². The third-order valence-electron chi connectivity index (χ3n) is 6.86. The molecule has 4 rings (SSSR count). The Morgan fingerprint density at radius 3 is 2.61 bits per heavy atom. The van der Waals surface area contributed by atoms with Gasteiger partial charge in [0.1, 0.15) is 6.23 Å². The number of carbonyl (C=O) groups excluding carboxylic acids is 2. The lowest BCUT2D eigenvalue weighted by atomic mass is 9.78. The predicted molar refractivity (Wildman–Crippen MR) is 106 cm³/mol. The van der Waals surface area contributed by atoms with Gasteiger partial charge < -0.3 is 10.2 Å². The van der Waals surface area contributed by atoms with Gasteiger partial charge in [-0.15, -0.1) is 0 Å². The number of nitrogens with one attached hydrogen (secondary N) is 3. The van der Waals surface area contributed by atoms with Gasteiger partial charge in [-0.1, -0.05) is 25.3 Å². The minimum atomic E-state index is -0.465. The first kappa shape index (κ1) is 19.9. The summed E-state index contributed by atoms with van der Waals surface area (Å²) >= 11 is 0. The Morgan fingerprint density at radius 2 is 1.86 bits per heavy atom. The lowest BCUT2D eigenvalue weighted by molar-refractivity contribution is -0.155. The molecule has 2 saturated heterocycles. The first-order chi connectivity index (χ1) is 13.5. The fourth-order valence-electron chi connectivity index (χ4n) is 5.40. The van der Waals surface area contributed by atoms with Crippen molar-refractivity contribution in [3.63, 3.8) is 0 Å². The highest BCUT2D eigenvalue weighted by atomic mass is 16.7. The lowest BCUT2D eigenvalue weighted by Gasteiger charge is -2.48. The predicted octanol–water partition coefficient (Wildman–Crippen LogP) is 1.80. The van der Waals surface area contributed by atoms with E-state index in [9.17, 15) is 9.59 Å². The number of hydrogen-bond donors (Lipinski definition) is 3. The average Bonchev–Trinajstić information content (AvgIpc) is 3.16. The zero-order valence-electron chi connectivity index (χ0n) is 17.0. The van der Waals surface area contributed by atoms with E-state index >= 15 is 0 Å². The summed E-state index contributed by atoms with van der Waals surface area (Å²) in [5.74, 6) is 0.193. The molecule has 28 heavy (non-hydrogen) atoms. The minimum absolute atomic E-state index is 0.0202. The molecule has 7 nitrogen and oxygen atoms in total. The number of piperazine rings is 1. The molecule has 4 fully saturated rings. The summed E-state index contributed by atoms with van der Waals surface area (Å²) in [6.07, 6.45) is 13.8. The summed E-state index contributed by atoms with van der Waals surface area (Å²) in [6, 6.07) is 0.167. The zero-order valence-corrected chi connectivity index (χ0v) is 17.0. The molecule has 2 aliphatic carbocycles. The fourth-order valence-corrected chi connectivity index (χ4v) is 5.40. The van der Waals surface area contributed by atoms with Crippen molar-refractivity contribution in [1.82, 2.24) is 21.0 Å². The SMILES string of the molecule is CC(C)N1C(=O)C(=O)NC2CC(C3NOC(/C=C/C4CCCCC4)N3)CCC21. The molecule has 5 atom stereocenters. The van der Waals surface area contributed by atoms with Crippen LogP contribution in [0.4, 0.5) is 0 Å². The van der Waals surface area contributed by atoms with Gasteiger partial charge in [-0.25, -0.2) is 0 Å². The molecule has 0 bridgehead atoms. The third kappa shape index (κ3) is 4.11.